The third-order valence-corrected chi connectivity index (χ3v) is 3.48. The molecule has 20 heavy (non-hydrogen) atoms. The summed E-state index contributed by atoms with van der Waals surface area (Å²) in [6.07, 6.45) is 3.35. The Morgan fingerprint density at radius 3 is 3.05 bits per heavy atom. The molecular weight excluding hydrogens is 258 g/mol. The summed E-state index contributed by atoms with van der Waals surface area (Å²) in [5, 5.41) is 23.0. The summed E-state index contributed by atoms with van der Waals surface area (Å²) in [6.45, 7) is 2.67. The minimum Gasteiger partial charge on any atom is -0.494 e. The lowest BCUT2D eigenvalue weighted by Crippen LogP contribution is -2.30. The molecule has 1 unspecified atom stereocenters. The predicted octanol–water partition coefficient (Wildman–Crippen LogP) is 2.23. The minimum absolute atomic E-state index is 0.0341. The molecule has 0 spiro atoms. The second-order valence-electron chi connectivity index (χ2n) is 4.90. The SMILES string of the molecule is N#Cc1cc(OCCC2CCCNC2)ccc1[N+](=O)[O-]. The van der Waals surface area contributed by atoms with Crippen LogP contribution in [0.25, 0.3) is 0 Å². The van der Waals surface area contributed by atoms with E-state index >= 15 is 0 Å². The Bertz CT molecular complexity index is 519. The average Bonchev–Trinajstić information content (AvgIpc) is 2.48. The number of hydrogen-bond donors (Lipinski definition) is 1. The number of benzene rings is 1. The first kappa shape index (κ1) is 14.3. The zero-order chi connectivity index (χ0) is 14.4. The van der Waals surface area contributed by atoms with Crippen molar-refractivity contribution >= 4 is 5.69 Å². The highest BCUT2D eigenvalue weighted by atomic mass is 16.6. The maximum absolute atomic E-state index is 10.7. The van der Waals surface area contributed by atoms with Crippen LogP contribution in [0.4, 0.5) is 5.69 Å². The summed E-state index contributed by atoms with van der Waals surface area (Å²) in [5.74, 6) is 1.13. The normalized spacial score (nSPS) is 18.2. The van der Waals surface area contributed by atoms with E-state index in [9.17, 15) is 10.1 Å². The predicted molar refractivity (Wildman–Crippen MR) is 73.5 cm³/mol. The molecule has 1 saturated heterocycles. The summed E-state index contributed by atoms with van der Waals surface area (Å²) in [7, 11) is 0. The van der Waals surface area contributed by atoms with Crippen LogP contribution in [0.2, 0.25) is 0 Å². The van der Waals surface area contributed by atoms with Gasteiger partial charge in [0.25, 0.3) is 5.69 Å². The topological polar surface area (TPSA) is 88.2 Å². The van der Waals surface area contributed by atoms with Gasteiger partial charge in [0.15, 0.2) is 0 Å². The van der Waals surface area contributed by atoms with Crippen molar-refractivity contribution in [1.82, 2.24) is 5.32 Å². The van der Waals surface area contributed by atoms with Crippen molar-refractivity contribution in [3.8, 4) is 11.8 Å². The number of ether oxygens (including phenoxy) is 1. The third kappa shape index (κ3) is 3.68. The third-order valence-electron chi connectivity index (χ3n) is 3.48. The van der Waals surface area contributed by atoms with Crippen molar-refractivity contribution in [2.75, 3.05) is 19.7 Å². The molecule has 0 radical (unpaired) electrons. The van der Waals surface area contributed by atoms with Gasteiger partial charge in [-0.15, -0.1) is 0 Å². The Labute approximate surface area is 117 Å². The maximum atomic E-state index is 10.7. The first-order valence-corrected chi connectivity index (χ1v) is 6.73. The molecule has 1 heterocycles. The first-order chi connectivity index (χ1) is 9.70. The number of nitrogens with zero attached hydrogens (tertiary/aromatic N) is 2. The highest BCUT2D eigenvalue weighted by Crippen LogP contribution is 2.24. The lowest BCUT2D eigenvalue weighted by Gasteiger charge is -2.22. The summed E-state index contributed by atoms with van der Waals surface area (Å²) >= 11 is 0. The molecule has 0 aliphatic carbocycles. The van der Waals surface area contributed by atoms with Gasteiger partial charge in [-0.2, -0.15) is 5.26 Å². The zero-order valence-corrected chi connectivity index (χ0v) is 11.2. The molecule has 0 amide bonds. The number of nitro benzene ring substituents is 1. The summed E-state index contributed by atoms with van der Waals surface area (Å²) in [6, 6.07) is 6.11. The van der Waals surface area contributed by atoms with E-state index in [0.29, 0.717) is 18.3 Å². The fourth-order valence-corrected chi connectivity index (χ4v) is 2.37. The van der Waals surface area contributed by atoms with Crippen LogP contribution in [-0.4, -0.2) is 24.6 Å². The monoisotopic (exact) mass is 275 g/mol. The van der Waals surface area contributed by atoms with Crippen LogP contribution < -0.4 is 10.1 Å². The van der Waals surface area contributed by atoms with Gasteiger partial charge in [-0.1, -0.05) is 0 Å². The van der Waals surface area contributed by atoms with Crippen molar-refractivity contribution in [2.45, 2.75) is 19.3 Å². The largest absolute Gasteiger partial charge is 0.494 e. The van der Waals surface area contributed by atoms with Crippen molar-refractivity contribution in [2.24, 2.45) is 5.92 Å². The van der Waals surface area contributed by atoms with Crippen LogP contribution in [0.5, 0.6) is 5.75 Å². The van der Waals surface area contributed by atoms with Crippen LogP contribution in [0, 0.1) is 27.4 Å². The van der Waals surface area contributed by atoms with E-state index in [1.807, 2.05) is 6.07 Å². The number of hydrogen-bond acceptors (Lipinski definition) is 5. The van der Waals surface area contributed by atoms with E-state index in [0.717, 1.165) is 19.5 Å². The molecule has 0 saturated carbocycles. The highest BCUT2D eigenvalue weighted by Gasteiger charge is 2.15. The smallest absolute Gasteiger partial charge is 0.287 e. The first-order valence-electron chi connectivity index (χ1n) is 6.73. The van der Waals surface area contributed by atoms with Crippen LogP contribution in [0.3, 0.4) is 0 Å². The average molecular weight is 275 g/mol. The number of nitrogens with one attached hydrogen (secondary N) is 1. The van der Waals surface area contributed by atoms with Crippen molar-refractivity contribution in [1.29, 1.82) is 5.26 Å². The molecule has 1 aromatic rings. The molecule has 0 bridgehead atoms. The van der Waals surface area contributed by atoms with Crippen LogP contribution in [0.1, 0.15) is 24.8 Å². The lowest BCUT2D eigenvalue weighted by atomic mass is 9.97. The molecule has 1 aliphatic heterocycles. The van der Waals surface area contributed by atoms with Gasteiger partial charge in [-0.3, -0.25) is 10.1 Å². The molecule has 1 aliphatic rings. The fourth-order valence-electron chi connectivity index (χ4n) is 2.37. The number of rotatable bonds is 5. The van der Waals surface area contributed by atoms with Crippen LogP contribution in [-0.2, 0) is 0 Å². The van der Waals surface area contributed by atoms with Crippen molar-refractivity contribution < 1.29 is 9.66 Å². The Morgan fingerprint density at radius 2 is 2.40 bits per heavy atom. The van der Waals surface area contributed by atoms with Gasteiger partial charge in [-0.05, 0) is 44.3 Å². The van der Waals surface area contributed by atoms with Gasteiger partial charge in [0.05, 0.1) is 11.5 Å². The molecule has 0 aromatic heterocycles. The number of piperidine rings is 1. The van der Waals surface area contributed by atoms with Crippen LogP contribution >= 0.6 is 0 Å². The summed E-state index contributed by atoms with van der Waals surface area (Å²) in [4.78, 5) is 10.2. The van der Waals surface area contributed by atoms with Crippen molar-refractivity contribution in [3.05, 3.63) is 33.9 Å². The standard InChI is InChI=1S/C14H17N3O3/c15-9-12-8-13(3-4-14(12)17(18)19)20-7-5-11-2-1-6-16-10-11/h3-4,8,11,16H,1-2,5-7,10H2. The quantitative estimate of drug-likeness (QED) is 0.657. The van der Waals surface area contributed by atoms with Gasteiger partial charge in [0.1, 0.15) is 17.4 Å². The summed E-state index contributed by atoms with van der Waals surface area (Å²) in [5.41, 5.74) is -0.150. The molecule has 1 N–H and O–H groups in total. The van der Waals surface area contributed by atoms with Gasteiger partial charge in [0.2, 0.25) is 0 Å². The molecule has 1 fully saturated rings. The maximum Gasteiger partial charge on any atom is 0.287 e. The molecule has 1 atom stereocenters. The van der Waals surface area contributed by atoms with E-state index in [1.54, 1.807) is 0 Å². The van der Waals surface area contributed by atoms with E-state index in [-0.39, 0.29) is 11.3 Å². The van der Waals surface area contributed by atoms with Crippen molar-refractivity contribution in [3.63, 3.8) is 0 Å². The molecule has 106 valence electrons. The van der Waals surface area contributed by atoms with Crippen LogP contribution in [0.15, 0.2) is 18.2 Å². The highest BCUT2D eigenvalue weighted by molar-refractivity contribution is 5.52. The fraction of sp³-hybridized carbons (Fsp3) is 0.500. The summed E-state index contributed by atoms with van der Waals surface area (Å²) < 4.78 is 5.58. The Hall–Kier alpha value is -2.13. The zero-order valence-electron chi connectivity index (χ0n) is 11.2. The molecular formula is C14H17N3O3. The second-order valence-corrected chi connectivity index (χ2v) is 4.90. The second kappa shape index (κ2) is 6.87. The Kier molecular flexibility index (Phi) is 4.91. The van der Waals surface area contributed by atoms with Gasteiger partial charge >= 0.3 is 0 Å². The Morgan fingerprint density at radius 1 is 1.55 bits per heavy atom. The minimum atomic E-state index is -0.559. The molecule has 6 heteroatoms. The van der Waals surface area contributed by atoms with E-state index in [4.69, 9.17) is 10.00 Å². The molecule has 2 rings (SSSR count). The Balaban J connectivity index is 1.90. The van der Waals surface area contributed by atoms with Gasteiger partial charge in [-0.25, -0.2) is 0 Å². The van der Waals surface area contributed by atoms with E-state index in [2.05, 4.69) is 5.32 Å². The van der Waals surface area contributed by atoms with E-state index < -0.39 is 4.92 Å². The van der Waals surface area contributed by atoms with Gasteiger partial charge in [0, 0.05) is 12.1 Å². The molecule has 1 aromatic carbocycles. The van der Waals surface area contributed by atoms with Gasteiger partial charge < -0.3 is 10.1 Å². The number of nitro groups is 1. The number of nitriles is 1. The lowest BCUT2D eigenvalue weighted by molar-refractivity contribution is -0.385. The van der Waals surface area contributed by atoms with E-state index in [1.165, 1.54) is 31.0 Å². The molecule has 6 nitrogen and oxygen atoms in total.